The van der Waals surface area contributed by atoms with Crippen LogP contribution in [-0.2, 0) is 10.0 Å². The predicted octanol–water partition coefficient (Wildman–Crippen LogP) is 1.34. The maximum Gasteiger partial charge on any atom is 0.214 e. The molecule has 0 spiro atoms. The van der Waals surface area contributed by atoms with E-state index in [0.717, 1.165) is 25.5 Å². The Hall–Kier alpha value is -0.0900. The third-order valence-electron chi connectivity index (χ3n) is 4.77. The van der Waals surface area contributed by atoms with E-state index in [1.165, 1.54) is 12.8 Å². The SMILES string of the molecule is CCC1(C)CCN(C(=NC)NCCN2CCCS2(=O)=O)C1.I. The van der Waals surface area contributed by atoms with E-state index in [2.05, 4.69) is 29.1 Å². The molecule has 22 heavy (non-hydrogen) atoms. The van der Waals surface area contributed by atoms with E-state index >= 15 is 0 Å². The van der Waals surface area contributed by atoms with Crippen molar-refractivity contribution in [3.05, 3.63) is 0 Å². The second-order valence-electron chi connectivity index (χ2n) is 6.38. The van der Waals surface area contributed by atoms with Crippen molar-refractivity contribution in [2.75, 3.05) is 45.5 Å². The van der Waals surface area contributed by atoms with Crippen molar-refractivity contribution in [1.29, 1.82) is 0 Å². The third-order valence-corrected chi connectivity index (χ3v) is 6.73. The number of likely N-dealkylation sites (tertiary alicyclic amines) is 1. The first kappa shape index (κ1) is 20.0. The Balaban J connectivity index is 0.00000242. The lowest BCUT2D eigenvalue weighted by Crippen LogP contribution is -2.44. The molecule has 2 aliphatic heterocycles. The number of nitrogens with zero attached hydrogens (tertiary/aromatic N) is 3. The molecule has 6 nitrogen and oxygen atoms in total. The summed E-state index contributed by atoms with van der Waals surface area (Å²) >= 11 is 0. The zero-order valence-electron chi connectivity index (χ0n) is 13.8. The fraction of sp³-hybridized carbons (Fsp3) is 0.929. The molecular formula is C14H29IN4O2S. The van der Waals surface area contributed by atoms with Gasteiger partial charge in [0, 0.05) is 39.8 Å². The van der Waals surface area contributed by atoms with E-state index in [4.69, 9.17) is 0 Å². The van der Waals surface area contributed by atoms with Crippen molar-refractivity contribution >= 4 is 40.0 Å². The predicted molar refractivity (Wildman–Crippen MR) is 101 cm³/mol. The number of sulfonamides is 1. The summed E-state index contributed by atoms with van der Waals surface area (Å²) in [5.74, 6) is 1.19. The molecule has 2 heterocycles. The second kappa shape index (κ2) is 8.14. The van der Waals surface area contributed by atoms with Gasteiger partial charge < -0.3 is 10.2 Å². The zero-order valence-corrected chi connectivity index (χ0v) is 17.0. The Labute approximate surface area is 151 Å². The van der Waals surface area contributed by atoms with Crippen LogP contribution in [0.1, 0.15) is 33.1 Å². The van der Waals surface area contributed by atoms with E-state index in [1.54, 1.807) is 11.4 Å². The molecule has 0 aliphatic carbocycles. The highest BCUT2D eigenvalue weighted by Gasteiger charge is 2.33. The molecule has 2 saturated heterocycles. The average Bonchev–Trinajstić information content (AvgIpc) is 2.99. The van der Waals surface area contributed by atoms with Crippen LogP contribution in [0.15, 0.2) is 4.99 Å². The van der Waals surface area contributed by atoms with Gasteiger partial charge in [-0.15, -0.1) is 24.0 Å². The van der Waals surface area contributed by atoms with Crippen LogP contribution in [0.4, 0.5) is 0 Å². The molecule has 0 aromatic rings. The molecule has 130 valence electrons. The highest BCUT2D eigenvalue weighted by molar-refractivity contribution is 14.0. The number of nitrogens with one attached hydrogen (secondary N) is 1. The second-order valence-corrected chi connectivity index (χ2v) is 8.47. The zero-order chi connectivity index (χ0) is 15.5. The summed E-state index contributed by atoms with van der Waals surface area (Å²) in [4.78, 5) is 6.61. The van der Waals surface area contributed by atoms with Gasteiger partial charge in [0.2, 0.25) is 10.0 Å². The first-order chi connectivity index (χ1) is 9.90. The van der Waals surface area contributed by atoms with E-state index in [-0.39, 0.29) is 24.0 Å². The first-order valence-corrected chi connectivity index (χ1v) is 9.44. The highest BCUT2D eigenvalue weighted by Crippen LogP contribution is 2.32. The molecule has 0 saturated carbocycles. The highest BCUT2D eigenvalue weighted by atomic mass is 127. The molecule has 0 bridgehead atoms. The van der Waals surface area contributed by atoms with Gasteiger partial charge in [0.1, 0.15) is 0 Å². The van der Waals surface area contributed by atoms with Gasteiger partial charge in [-0.05, 0) is 24.7 Å². The molecule has 1 atom stereocenters. The van der Waals surface area contributed by atoms with Gasteiger partial charge in [0.05, 0.1) is 5.75 Å². The summed E-state index contributed by atoms with van der Waals surface area (Å²) in [6.07, 6.45) is 3.11. The topological polar surface area (TPSA) is 65.0 Å². The number of guanidine groups is 1. The standard InChI is InChI=1S/C14H28N4O2S.HI/c1-4-14(2)6-9-17(12-14)13(15-3)16-7-10-18-8-5-11-21(18,19)20;/h4-12H2,1-3H3,(H,15,16);1H. The van der Waals surface area contributed by atoms with Crippen LogP contribution in [0.2, 0.25) is 0 Å². The van der Waals surface area contributed by atoms with Crippen LogP contribution in [0.25, 0.3) is 0 Å². The molecule has 8 heteroatoms. The lowest BCUT2D eigenvalue weighted by atomic mass is 9.87. The maximum atomic E-state index is 11.7. The Morgan fingerprint density at radius 1 is 1.36 bits per heavy atom. The number of hydrogen-bond acceptors (Lipinski definition) is 3. The van der Waals surface area contributed by atoms with Crippen LogP contribution in [0.5, 0.6) is 0 Å². The minimum Gasteiger partial charge on any atom is -0.355 e. The number of halogens is 1. The Bertz CT molecular complexity index is 497. The van der Waals surface area contributed by atoms with Crippen molar-refractivity contribution in [2.24, 2.45) is 10.4 Å². The first-order valence-electron chi connectivity index (χ1n) is 7.84. The van der Waals surface area contributed by atoms with Crippen molar-refractivity contribution in [3.8, 4) is 0 Å². The monoisotopic (exact) mass is 444 g/mol. The van der Waals surface area contributed by atoms with Crippen molar-refractivity contribution in [1.82, 2.24) is 14.5 Å². The van der Waals surface area contributed by atoms with Crippen molar-refractivity contribution in [3.63, 3.8) is 0 Å². The Kier molecular flexibility index (Phi) is 7.38. The largest absolute Gasteiger partial charge is 0.355 e. The van der Waals surface area contributed by atoms with E-state index in [0.29, 0.717) is 30.8 Å². The minimum absolute atomic E-state index is 0. The van der Waals surface area contributed by atoms with Crippen LogP contribution in [-0.4, -0.2) is 69.1 Å². The molecule has 2 aliphatic rings. The number of hydrogen-bond donors (Lipinski definition) is 1. The van der Waals surface area contributed by atoms with Crippen molar-refractivity contribution < 1.29 is 8.42 Å². The van der Waals surface area contributed by atoms with Crippen LogP contribution < -0.4 is 5.32 Å². The van der Waals surface area contributed by atoms with Gasteiger partial charge in [-0.3, -0.25) is 4.99 Å². The molecule has 0 aromatic carbocycles. The lowest BCUT2D eigenvalue weighted by molar-refractivity contribution is 0.321. The van der Waals surface area contributed by atoms with Gasteiger partial charge in [-0.1, -0.05) is 13.8 Å². The molecule has 1 N–H and O–H groups in total. The molecule has 0 aromatic heterocycles. The van der Waals surface area contributed by atoms with Crippen molar-refractivity contribution in [2.45, 2.75) is 33.1 Å². The molecule has 0 radical (unpaired) electrons. The van der Waals surface area contributed by atoms with Crippen LogP contribution in [0, 0.1) is 5.41 Å². The molecule has 2 rings (SSSR count). The van der Waals surface area contributed by atoms with Gasteiger partial charge >= 0.3 is 0 Å². The fourth-order valence-electron chi connectivity index (χ4n) is 3.06. The quantitative estimate of drug-likeness (QED) is 0.404. The van der Waals surface area contributed by atoms with Crippen LogP contribution >= 0.6 is 24.0 Å². The number of rotatable bonds is 4. The summed E-state index contributed by atoms with van der Waals surface area (Å²) in [5.41, 5.74) is 0.371. The van der Waals surface area contributed by atoms with Gasteiger partial charge in [0.15, 0.2) is 5.96 Å². The smallest absolute Gasteiger partial charge is 0.214 e. The molecule has 2 fully saturated rings. The molecule has 0 amide bonds. The summed E-state index contributed by atoms with van der Waals surface area (Å²) in [6, 6.07) is 0. The van der Waals surface area contributed by atoms with Crippen LogP contribution in [0.3, 0.4) is 0 Å². The average molecular weight is 444 g/mol. The normalized spacial score (nSPS) is 28.7. The van der Waals surface area contributed by atoms with E-state index in [1.807, 2.05) is 0 Å². The van der Waals surface area contributed by atoms with Gasteiger partial charge in [-0.25, -0.2) is 12.7 Å². The van der Waals surface area contributed by atoms with Gasteiger partial charge in [0.25, 0.3) is 0 Å². The maximum absolute atomic E-state index is 11.7. The van der Waals surface area contributed by atoms with E-state index in [9.17, 15) is 8.42 Å². The van der Waals surface area contributed by atoms with E-state index < -0.39 is 10.0 Å². The summed E-state index contributed by atoms with van der Waals surface area (Å²) in [5, 5.41) is 3.31. The molecular weight excluding hydrogens is 415 g/mol. The fourth-order valence-corrected chi connectivity index (χ4v) is 4.59. The number of aliphatic imine (C=N–C) groups is 1. The minimum atomic E-state index is -2.99. The summed E-state index contributed by atoms with van der Waals surface area (Å²) in [7, 11) is -1.21. The summed E-state index contributed by atoms with van der Waals surface area (Å²) < 4.78 is 25.1. The Morgan fingerprint density at radius 2 is 2.09 bits per heavy atom. The lowest BCUT2D eigenvalue weighted by Gasteiger charge is -2.26. The third kappa shape index (κ3) is 4.70. The summed E-state index contributed by atoms with van der Waals surface area (Å²) in [6.45, 7) is 8.39. The van der Waals surface area contributed by atoms with Gasteiger partial charge in [-0.2, -0.15) is 0 Å². The molecule has 1 unspecified atom stereocenters. The Morgan fingerprint density at radius 3 is 2.59 bits per heavy atom.